The van der Waals surface area contributed by atoms with Gasteiger partial charge in [0.1, 0.15) is 0 Å². The van der Waals surface area contributed by atoms with Crippen LogP contribution in [0.1, 0.15) is 1.43 Å². The number of nitrogens with one attached hydrogen (secondary N) is 2. The van der Waals surface area contributed by atoms with Gasteiger partial charge in [-0.25, -0.2) is 0 Å². The van der Waals surface area contributed by atoms with Gasteiger partial charge in [0.25, 0.3) is 0 Å². The Kier molecular flexibility index (Phi) is 4.41. The van der Waals surface area contributed by atoms with Crippen LogP contribution in [-0.4, -0.2) is 10.2 Å². The predicted molar refractivity (Wildman–Crippen MR) is 35.8 cm³/mol. The summed E-state index contributed by atoms with van der Waals surface area (Å²) in [7, 11) is 0. The van der Waals surface area contributed by atoms with E-state index in [9.17, 15) is 0 Å². The van der Waals surface area contributed by atoms with Crippen molar-refractivity contribution in [1.82, 2.24) is 10.2 Å². The molecule has 0 aliphatic rings. The van der Waals surface area contributed by atoms with Crippen molar-refractivity contribution in [3.8, 4) is 0 Å². The number of rotatable bonds is 0. The fourth-order valence-electron chi connectivity index (χ4n) is 0.237. The molecule has 1 heterocycles. The van der Waals surface area contributed by atoms with Crippen molar-refractivity contribution < 1.29 is 31.0 Å². The van der Waals surface area contributed by atoms with Gasteiger partial charge in [-0.05, 0) is 24.4 Å². The van der Waals surface area contributed by atoms with Crippen molar-refractivity contribution in [3.63, 3.8) is 0 Å². The van der Waals surface area contributed by atoms with Crippen LogP contribution < -0.4 is 29.6 Å². The minimum atomic E-state index is 0. The van der Waals surface area contributed by atoms with Crippen LogP contribution in [-0.2, 0) is 0 Å². The van der Waals surface area contributed by atoms with Crippen molar-refractivity contribution in [2.24, 2.45) is 0 Å². The van der Waals surface area contributed by atoms with Gasteiger partial charge in [-0.1, -0.05) is 11.3 Å². The molecule has 0 saturated heterocycles. The van der Waals surface area contributed by atoms with Gasteiger partial charge in [0.05, 0.1) is 0 Å². The first-order valence-electron chi connectivity index (χ1n) is 1.57. The molecule has 0 atom stereocenters. The molecule has 0 aliphatic heterocycles. The summed E-state index contributed by atoms with van der Waals surface area (Å²) in [4.78, 5) is 0. The second-order valence-corrected chi connectivity index (χ2v) is 3.28. The van der Waals surface area contributed by atoms with E-state index in [4.69, 9.17) is 24.4 Å². The summed E-state index contributed by atoms with van der Waals surface area (Å²) in [5.41, 5.74) is 0. The molecule has 0 aliphatic carbocycles. The zero-order chi connectivity index (χ0) is 5.28. The fraction of sp³-hybridized carbons (Fsp3) is 0. The summed E-state index contributed by atoms with van der Waals surface area (Å²) < 4.78 is 1.40. The van der Waals surface area contributed by atoms with Crippen molar-refractivity contribution in [1.29, 1.82) is 0 Å². The van der Waals surface area contributed by atoms with E-state index >= 15 is 0 Å². The predicted octanol–water partition coefficient (Wildman–Crippen LogP) is -1.02. The Hall–Kier alpha value is 1.00. The molecule has 0 unspecified atom stereocenters. The van der Waals surface area contributed by atoms with Gasteiger partial charge in [0, 0.05) is 0 Å². The number of aromatic nitrogens is 2. The molecule has 1 aromatic rings. The maximum absolute atomic E-state index is 4.70. The number of hydrogen-bond donors (Lipinski definition) is 2. The number of H-pyrrole nitrogens is 2. The van der Waals surface area contributed by atoms with Crippen LogP contribution in [0.2, 0.25) is 0 Å². The first-order valence-corrected chi connectivity index (χ1v) is 3.20. The van der Waals surface area contributed by atoms with Crippen LogP contribution in [0.15, 0.2) is 0 Å². The molecule has 40 valence electrons. The summed E-state index contributed by atoms with van der Waals surface area (Å²) in [6.45, 7) is 0. The van der Waals surface area contributed by atoms with Crippen LogP contribution in [0.5, 0.6) is 0 Å². The number of hydrogen-bond acceptors (Lipinski definition) is 3. The van der Waals surface area contributed by atoms with E-state index < -0.39 is 0 Å². The van der Waals surface area contributed by atoms with Gasteiger partial charge < -0.3 is 1.43 Å². The summed E-state index contributed by atoms with van der Waals surface area (Å²) in [6.07, 6.45) is 0. The Balaban J connectivity index is 0. The summed E-state index contributed by atoms with van der Waals surface area (Å²) in [6, 6.07) is 0. The molecule has 0 aromatic carbocycles. The maximum atomic E-state index is 4.70. The summed E-state index contributed by atoms with van der Waals surface area (Å²) in [5.74, 6) is 0. The summed E-state index contributed by atoms with van der Waals surface area (Å²) in [5, 5.41) is 5.34. The smallest absolute Gasteiger partial charge is 1.00 e. The maximum Gasteiger partial charge on any atom is 1.00 e. The molecule has 0 saturated carbocycles. The van der Waals surface area contributed by atoms with E-state index in [0.717, 1.165) is 0 Å². The van der Waals surface area contributed by atoms with E-state index in [1.165, 1.54) is 11.3 Å². The standard InChI is InChI=1S/C2H2N2S3.Na.H/c5-1-3-4-2(6)7-1;;/h(H,3,5)(H,4,6);;/q;+1;-1. The molecule has 6 heteroatoms. The third-order valence-electron chi connectivity index (χ3n) is 0.452. The molecule has 0 bridgehead atoms. The van der Waals surface area contributed by atoms with E-state index in [2.05, 4.69) is 10.2 Å². The molecule has 1 aromatic heterocycles. The first kappa shape index (κ1) is 9.00. The zero-order valence-corrected chi connectivity index (χ0v) is 8.67. The molecule has 0 fully saturated rings. The third kappa shape index (κ3) is 2.52. The third-order valence-corrected chi connectivity index (χ3v) is 1.73. The summed E-state index contributed by atoms with van der Waals surface area (Å²) >= 11 is 10.8. The van der Waals surface area contributed by atoms with E-state index in [0.29, 0.717) is 7.91 Å². The van der Waals surface area contributed by atoms with Gasteiger partial charge >= 0.3 is 29.6 Å². The second-order valence-electron chi connectivity index (χ2n) is 0.927. The SMILES string of the molecule is S=c1[nH][nH]c(=S)s1.[H-].[Na+]. The average Bonchev–Trinajstić information content (AvgIpc) is 1.87. The minimum Gasteiger partial charge on any atom is -1.00 e. The second kappa shape index (κ2) is 3.92. The van der Waals surface area contributed by atoms with Gasteiger partial charge in [-0.15, -0.1) is 0 Å². The Morgan fingerprint density at radius 3 is 1.75 bits per heavy atom. The molecule has 2 nitrogen and oxygen atoms in total. The zero-order valence-electron chi connectivity index (χ0n) is 5.22. The van der Waals surface area contributed by atoms with Gasteiger partial charge in [0.2, 0.25) is 0 Å². The molecule has 0 spiro atoms. The van der Waals surface area contributed by atoms with Gasteiger partial charge in [-0.3, -0.25) is 10.2 Å². The van der Waals surface area contributed by atoms with Gasteiger partial charge in [0.15, 0.2) is 7.91 Å². The minimum absolute atomic E-state index is 0. The van der Waals surface area contributed by atoms with E-state index in [-0.39, 0.29) is 31.0 Å². The Morgan fingerprint density at radius 1 is 1.25 bits per heavy atom. The molecule has 1 rings (SSSR count). The molecular formula is C2H3N2NaS3. The van der Waals surface area contributed by atoms with Crippen molar-refractivity contribution in [2.45, 2.75) is 0 Å². The van der Waals surface area contributed by atoms with Crippen molar-refractivity contribution in [3.05, 3.63) is 7.91 Å². The molecule has 8 heavy (non-hydrogen) atoms. The van der Waals surface area contributed by atoms with E-state index in [1.807, 2.05) is 0 Å². The Morgan fingerprint density at radius 2 is 1.62 bits per heavy atom. The molecule has 0 radical (unpaired) electrons. The largest absolute Gasteiger partial charge is 1.00 e. The van der Waals surface area contributed by atoms with Crippen molar-refractivity contribution in [2.75, 3.05) is 0 Å². The van der Waals surface area contributed by atoms with Crippen LogP contribution in [0.25, 0.3) is 0 Å². The monoisotopic (exact) mass is 174 g/mol. The molecular weight excluding hydrogens is 171 g/mol. The van der Waals surface area contributed by atoms with Crippen LogP contribution >= 0.6 is 35.8 Å². The Bertz CT molecular complexity index is 224. The normalized spacial score (nSPS) is 8.00. The van der Waals surface area contributed by atoms with Crippen LogP contribution in [0, 0.1) is 7.91 Å². The molecule has 2 N–H and O–H groups in total. The quantitative estimate of drug-likeness (QED) is 0.390. The average molecular weight is 174 g/mol. The topological polar surface area (TPSA) is 31.6 Å². The molecule has 0 amide bonds. The number of aromatic amines is 2. The van der Waals surface area contributed by atoms with Crippen LogP contribution in [0.3, 0.4) is 0 Å². The van der Waals surface area contributed by atoms with Crippen molar-refractivity contribution >= 4 is 35.8 Å². The fourth-order valence-corrected chi connectivity index (χ4v) is 1.37. The first-order chi connectivity index (χ1) is 3.29. The van der Waals surface area contributed by atoms with Crippen LogP contribution in [0.4, 0.5) is 0 Å². The van der Waals surface area contributed by atoms with E-state index in [1.54, 1.807) is 0 Å². The van der Waals surface area contributed by atoms with Gasteiger partial charge in [-0.2, -0.15) is 0 Å². The Labute approximate surface area is 84.1 Å².